The van der Waals surface area contributed by atoms with Crippen molar-refractivity contribution in [3.05, 3.63) is 58.9 Å². The normalized spacial score (nSPS) is 16.1. The molecule has 0 unspecified atom stereocenters. The molecule has 0 aromatic heterocycles. The van der Waals surface area contributed by atoms with Gasteiger partial charge >= 0.3 is 6.09 Å². The average Bonchev–Trinajstić information content (AvgIpc) is 2.75. The van der Waals surface area contributed by atoms with Crippen LogP contribution >= 0.6 is 11.6 Å². The number of halogens is 2. The summed E-state index contributed by atoms with van der Waals surface area (Å²) in [5.41, 5.74) is 0.355. The van der Waals surface area contributed by atoms with Crippen LogP contribution in [0.15, 0.2) is 47.4 Å². The minimum absolute atomic E-state index is 0.0329. The van der Waals surface area contributed by atoms with Crippen LogP contribution in [0.25, 0.3) is 0 Å². The van der Waals surface area contributed by atoms with Gasteiger partial charge in [-0.2, -0.15) is 0 Å². The fourth-order valence-electron chi connectivity index (χ4n) is 4.08. The topological polar surface area (TPSA) is 72.9 Å². The summed E-state index contributed by atoms with van der Waals surface area (Å²) >= 11 is 5.94. The molecule has 1 aliphatic heterocycles. The lowest BCUT2D eigenvalue weighted by molar-refractivity contribution is 0.0739. The van der Waals surface area contributed by atoms with Gasteiger partial charge in [0.1, 0.15) is 10.6 Å². The summed E-state index contributed by atoms with van der Waals surface area (Å²) < 4.78 is 52.3. The zero-order valence-corrected chi connectivity index (χ0v) is 20.7. The van der Waals surface area contributed by atoms with Crippen LogP contribution in [0, 0.1) is 5.82 Å². The molecule has 2 aromatic rings. The molecule has 0 saturated carbocycles. The van der Waals surface area contributed by atoms with Gasteiger partial charge in [0.2, 0.25) is 0 Å². The van der Waals surface area contributed by atoms with Gasteiger partial charge in [-0.15, -0.1) is 0 Å². The van der Waals surface area contributed by atoms with E-state index in [1.807, 2.05) is 0 Å². The van der Waals surface area contributed by atoms with Gasteiger partial charge in [0.15, 0.2) is 9.84 Å². The van der Waals surface area contributed by atoms with Gasteiger partial charge in [0, 0.05) is 24.3 Å². The molecule has 1 saturated heterocycles. The molecular weight excluding hydrogens is 469 g/mol. The summed E-state index contributed by atoms with van der Waals surface area (Å²) in [6.07, 6.45) is -0.669. The SMILES string of the molecule is CC(C)OC(=O)N(c1ccc(C2(S(=O)(=O)c3ccc(Cl)cc3)CCOCC2)cc1F)C(C)C. The molecule has 0 radical (unpaired) electrons. The van der Waals surface area contributed by atoms with Crippen molar-refractivity contribution < 1.29 is 27.1 Å². The van der Waals surface area contributed by atoms with Crippen molar-refractivity contribution in [2.24, 2.45) is 0 Å². The summed E-state index contributed by atoms with van der Waals surface area (Å²) in [6.45, 7) is 7.39. The van der Waals surface area contributed by atoms with Crippen molar-refractivity contribution in [2.45, 2.75) is 62.3 Å². The van der Waals surface area contributed by atoms with Gasteiger partial charge < -0.3 is 9.47 Å². The van der Waals surface area contributed by atoms with Crippen LogP contribution in [0.4, 0.5) is 14.9 Å². The Balaban J connectivity index is 2.09. The molecule has 2 aromatic carbocycles. The maximum Gasteiger partial charge on any atom is 0.414 e. The van der Waals surface area contributed by atoms with Gasteiger partial charge in [-0.1, -0.05) is 17.7 Å². The standard InChI is InChI=1S/C24H29ClFNO5S/c1-16(2)27(23(28)32-17(3)4)22-10-5-18(15-21(22)26)24(11-13-31-14-12-24)33(29,30)20-8-6-19(25)7-9-20/h5-10,15-17H,11-14H2,1-4H3. The van der Waals surface area contributed by atoms with Crippen LogP contribution in [-0.2, 0) is 24.1 Å². The maximum atomic E-state index is 15.4. The molecule has 0 atom stereocenters. The van der Waals surface area contributed by atoms with E-state index in [9.17, 15) is 13.2 Å². The third kappa shape index (κ3) is 5.03. The molecule has 1 amide bonds. The van der Waals surface area contributed by atoms with Gasteiger partial charge in [-0.25, -0.2) is 17.6 Å². The van der Waals surface area contributed by atoms with Crippen molar-refractivity contribution in [1.29, 1.82) is 0 Å². The number of hydrogen-bond acceptors (Lipinski definition) is 5. The minimum atomic E-state index is -3.90. The maximum absolute atomic E-state index is 15.4. The van der Waals surface area contributed by atoms with Crippen molar-refractivity contribution in [2.75, 3.05) is 18.1 Å². The predicted octanol–water partition coefficient (Wildman–Crippen LogP) is 5.72. The van der Waals surface area contributed by atoms with E-state index in [-0.39, 0.29) is 48.8 Å². The van der Waals surface area contributed by atoms with Crippen molar-refractivity contribution in [3.8, 4) is 0 Å². The predicted molar refractivity (Wildman–Crippen MR) is 126 cm³/mol. The van der Waals surface area contributed by atoms with E-state index in [0.717, 1.165) is 0 Å². The summed E-state index contributed by atoms with van der Waals surface area (Å²) in [7, 11) is -3.90. The van der Waals surface area contributed by atoms with E-state index < -0.39 is 26.5 Å². The van der Waals surface area contributed by atoms with Gasteiger partial charge in [0.25, 0.3) is 0 Å². The second-order valence-electron chi connectivity index (χ2n) is 8.63. The Labute approximate surface area is 199 Å². The summed E-state index contributed by atoms with van der Waals surface area (Å²) in [5, 5.41) is 0.424. The van der Waals surface area contributed by atoms with Gasteiger partial charge in [-0.05, 0) is 82.5 Å². The van der Waals surface area contributed by atoms with Crippen LogP contribution < -0.4 is 4.90 Å². The molecule has 1 aliphatic rings. The molecule has 0 N–H and O–H groups in total. The number of amides is 1. The van der Waals surface area contributed by atoms with Crippen LogP contribution in [0.1, 0.15) is 46.1 Å². The van der Waals surface area contributed by atoms with E-state index in [1.54, 1.807) is 33.8 Å². The van der Waals surface area contributed by atoms with Crippen LogP contribution in [0.3, 0.4) is 0 Å². The van der Waals surface area contributed by atoms with Gasteiger partial charge in [0.05, 0.1) is 16.7 Å². The molecular formula is C24H29ClFNO5S. The lowest BCUT2D eigenvalue weighted by Crippen LogP contribution is -2.42. The molecule has 9 heteroatoms. The van der Waals surface area contributed by atoms with E-state index in [2.05, 4.69) is 0 Å². The summed E-state index contributed by atoms with van der Waals surface area (Å²) in [6, 6.07) is 9.83. The Hall–Kier alpha value is -2.16. The van der Waals surface area contributed by atoms with Crippen molar-refractivity contribution in [1.82, 2.24) is 0 Å². The average molecular weight is 498 g/mol. The molecule has 180 valence electrons. The minimum Gasteiger partial charge on any atom is -0.446 e. The van der Waals surface area contributed by atoms with Crippen LogP contribution in [0.2, 0.25) is 5.02 Å². The first-order chi connectivity index (χ1) is 15.5. The van der Waals surface area contributed by atoms with Crippen LogP contribution in [0.5, 0.6) is 0 Å². The third-order valence-corrected chi connectivity index (χ3v) is 8.54. The number of ether oxygens (including phenoxy) is 2. The summed E-state index contributed by atoms with van der Waals surface area (Å²) in [5.74, 6) is -0.695. The van der Waals surface area contributed by atoms with E-state index in [1.165, 1.54) is 41.3 Å². The molecule has 6 nitrogen and oxygen atoms in total. The zero-order valence-electron chi connectivity index (χ0n) is 19.2. The number of carbonyl (C=O) groups is 1. The zero-order chi connectivity index (χ0) is 24.4. The number of nitrogens with zero attached hydrogens (tertiary/aromatic N) is 1. The van der Waals surface area contributed by atoms with E-state index >= 15 is 4.39 Å². The highest BCUT2D eigenvalue weighted by Gasteiger charge is 2.47. The highest BCUT2D eigenvalue weighted by Crippen LogP contribution is 2.44. The largest absolute Gasteiger partial charge is 0.446 e. The Morgan fingerprint density at radius 3 is 2.21 bits per heavy atom. The molecule has 0 bridgehead atoms. The molecule has 0 spiro atoms. The van der Waals surface area contributed by atoms with Gasteiger partial charge in [-0.3, -0.25) is 4.90 Å². The van der Waals surface area contributed by atoms with Crippen molar-refractivity contribution >= 4 is 33.2 Å². The third-order valence-electron chi connectivity index (χ3n) is 5.72. The fourth-order valence-corrected chi connectivity index (χ4v) is 6.30. The van der Waals surface area contributed by atoms with E-state index in [0.29, 0.717) is 10.6 Å². The highest BCUT2D eigenvalue weighted by atomic mass is 35.5. The molecule has 33 heavy (non-hydrogen) atoms. The summed E-state index contributed by atoms with van der Waals surface area (Å²) in [4.78, 5) is 13.9. The molecule has 3 rings (SSSR count). The lowest BCUT2D eigenvalue weighted by Gasteiger charge is -2.37. The molecule has 0 aliphatic carbocycles. The quantitative estimate of drug-likeness (QED) is 0.510. The molecule has 1 heterocycles. The second-order valence-corrected chi connectivity index (χ2v) is 11.3. The number of carbonyl (C=O) groups excluding carboxylic acids is 1. The Kier molecular flexibility index (Phi) is 7.71. The highest BCUT2D eigenvalue weighted by molar-refractivity contribution is 7.92. The number of rotatable bonds is 6. The number of benzene rings is 2. The second kappa shape index (κ2) is 9.99. The van der Waals surface area contributed by atoms with Crippen LogP contribution in [-0.4, -0.2) is 39.9 Å². The number of sulfone groups is 1. The fraction of sp³-hybridized carbons (Fsp3) is 0.458. The first kappa shape index (κ1) is 25.5. The Bertz CT molecular complexity index is 1100. The van der Waals surface area contributed by atoms with E-state index in [4.69, 9.17) is 21.1 Å². The molecule has 1 fully saturated rings. The smallest absolute Gasteiger partial charge is 0.414 e. The van der Waals surface area contributed by atoms with Crippen molar-refractivity contribution in [3.63, 3.8) is 0 Å². The first-order valence-corrected chi connectivity index (χ1v) is 12.7. The lowest BCUT2D eigenvalue weighted by atomic mass is 9.90. The number of anilines is 1. The Morgan fingerprint density at radius 2 is 1.70 bits per heavy atom. The first-order valence-electron chi connectivity index (χ1n) is 10.9. The Morgan fingerprint density at radius 1 is 1.09 bits per heavy atom. The number of hydrogen-bond donors (Lipinski definition) is 0. The monoisotopic (exact) mass is 497 g/mol.